The van der Waals surface area contributed by atoms with Gasteiger partial charge in [-0.05, 0) is 49.1 Å². The molecule has 1 saturated carbocycles. The highest BCUT2D eigenvalue weighted by atomic mass is 32.1. The maximum Gasteiger partial charge on any atom is 0.0334 e. The van der Waals surface area contributed by atoms with Crippen LogP contribution in [0.4, 0.5) is 0 Å². The molecule has 0 saturated heterocycles. The summed E-state index contributed by atoms with van der Waals surface area (Å²) in [5, 5.41) is 2.25. The van der Waals surface area contributed by atoms with Gasteiger partial charge in [-0.15, -0.1) is 11.3 Å². The third kappa shape index (κ3) is 2.61. The zero-order chi connectivity index (χ0) is 13.2. The third-order valence-corrected chi connectivity index (χ3v) is 6.18. The molecule has 0 amide bonds. The molecule has 19 heavy (non-hydrogen) atoms. The van der Waals surface area contributed by atoms with Crippen LogP contribution in [0.15, 0.2) is 11.4 Å². The Labute approximate surface area is 121 Å². The number of hydrogen-bond donors (Lipinski definition) is 1. The molecular formula is C16H26N2S. The van der Waals surface area contributed by atoms with Crippen molar-refractivity contribution in [2.45, 2.75) is 57.5 Å². The molecule has 2 N–H and O–H groups in total. The Balaban J connectivity index is 1.76. The predicted molar refractivity (Wildman–Crippen MR) is 82.6 cm³/mol. The van der Waals surface area contributed by atoms with Gasteiger partial charge in [-0.1, -0.05) is 19.3 Å². The molecule has 2 unspecified atom stereocenters. The molecule has 1 aromatic heterocycles. The van der Waals surface area contributed by atoms with E-state index >= 15 is 0 Å². The Bertz CT molecular complexity index is 409. The van der Waals surface area contributed by atoms with E-state index in [0.717, 1.165) is 12.5 Å². The molecule has 3 heteroatoms. The summed E-state index contributed by atoms with van der Waals surface area (Å²) >= 11 is 1.93. The number of nitrogens with two attached hydrogens (primary N) is 1. The Hall–Kier alpha value is -0.380. The Kier molecular flexibility index (Phi) is 4.25. The smallest absolute Gasteiger partial charge is 0.0334 e. The maximum atomic E-state index is 6.15. The van der Waals surface area contributed by atoms with Crippen molar-refractivity contribution in [2.75, 3.05) is 13.1 Å². The van der Waals surface area contributed by atoms with Gasteiger partial charge in [0.1, 0.15) is 0 Å². The average molecular weight is 278 g/mol. The quantitative estimate of drug-likeness (QED) is 0.916. The summed E-state index contributed by atoms with van der Waals surface area (Å²) in [5.74, 6) is 0.835. The number of hydrogen-bond acceptors (Lipinski definition) is 3. The van der Waals surface area contributed by atoms with Gasteiger partial charge in [0.25, 0.3) is 0 Å². The minimum Gasteiger partial charge on any atom is -0.329 e. The first-order valence-corrected chi connectivity index (χ1v) is 8.71. The van der Waals surface area contributed by atoms with Crippen LogP contribution in [0.25, 0.3) is 0 Å². The van der Waals surface area contributed by atoms with E-state index < -0.39 is 0 Å². The Morgan fingerprint density at radius 2 is 2.16 bits per heavy atom. The van der Waals surface area contributed by atoms with Gasteiger partial charge >= 0.3 is 0 Å². The van der Waals surface area contributed by atoms with Gasteiger partial charge in [0.2, 0.25) is 0 Å². The Morgan fingerprint density at radius 1 is 1.37 bits per heavy atom. The van der Waals surface area contributed by atoms with Crippen LogP contribution in [0.3, 0.4) is 0 Å². The third-order valence-electron chi connectivity index (χ3n) is 5.19. The second-order valence-corrected chi connectivity index (χ2v) is 7.16. The summed E-state index contributed by atoms with van der Waals surface area (Å²) < 4.78 is 0. The molecule has 0 bridgehead atoms. The lowest BCUT2D eigenvalue weighted by atomic mass is 9.82. The first kappa shape index (κ1) is 13.6. The summed E-state index contributed by atoms with van der Waals surface area (Å²) in [6.45, 7) is 4.40. The average Bonchev–Trinajstić information content (AvgIpc) is 2.93. The zero-order valence-corrected chi connectivity index (χ0v) is 12.8. The van der Waals surface area contributed by atoms with Crippen LogP contribution in [0.1, 0.15) is 55.5 Å². The molecule has 0 radical (unpaired) electrons. The first-order chi connectivity index (χ1) is 9.31. The van der Waals surface area contributed by atoms with E-state index in [0.29, 0.717) is 12.1 Å². The van der Waals surface area contributed by atoms with Crippen molar-refractivity contribution in [2.24, 2.45) is 11.7 Å². The molecular weight excluding hydrogens is 252 g/mol. The lowest BCUT2D eigenvalue weighted by Gasteiger charge is -2.43. The lowest BCUT2D eigenvalue weighted by Crippen LogP contribution is -2.49. The molecule has 2 atom stereocenters. The molecule has 1 aliphatic heterocycles. The molecule has 2 nitrogen and oxygen atoms in total. The monoisotopic (exact) mass is 278 g/mol. The van der Waals surface area contributed by atoms with E-state index in [9.17, 15) is 0 Å². The second-order valence-electron chi connectivity index (χ2n) is 6.16. The molecule has 0 spiro atoms. The topological polar surface area (TPSA) is 29.3 Å². The molecule has 1 aromatic rings. The fourth-order valence-corrected chi connectivity index (χ4v) is 5.06. The summed E-state index contributed by atoms with van der Waals surface area (Å²) in [7, 11) is 0. The first-order valence-electron chi connectivity index (χ1n) is 7.83. The molecule has 2 aliphatic rings. The van der Waals surface area contributed by atoms with Gasteiger partial charge in [-0.2, -0.15) is 0 Å². The molecule has 1 aliphatic carbocycles. The van der Waals surface area contributed by atoms with Crippen molar-refractivity contribution in [1.29, 1.82) is 0 Å². The van der Waals surface area contributed by atoms with E-state index in [-0.39, 0.29) is 0 Å². The molecule has 1 fully saturated rings. The number of rotatable bonds is 3. The highest BCUT2D eigenvalue weighted by Crippen LogP contribution is 2.37. The molecule has 2 heterocycles. The van der Waals surface area contributed by atoms with E-state index in [4.69, 9.17) is 5.73 Å². The highest BCUT2D eigenvalue weighted by molar-refractivity contribution is 7.10. The summed E-state index contributed by atoms with van der Waals surface area (Å²) in [6, 6.07) is 3.49. The SMILES string of the molecule is CC1c2ccsc2CCN1C(CN)C1CCCCC1. The fraction of sp³-hybridized carbons (Fsp3) is 0.750. The van der Waals surface area contributed by atoms with Crippen molar-refractivity contribution in [3.05, 3.63) is 21.9 Å². The molecule has 0 aromatic carbocycles. The van der Waals surface area contributed by atoms with Gasteiger partial charge in [-0.25, -0.2) is 0 Å². The van der Waals surface area contributed by atoms with Crippen LogP contribution in [-0.4, -0.2) is 24.0 Å². The van der Waals surface area contributed by atoms with Gasteiger partial charge in [-0.3, -0.25) is 4.90 Å². The Morgan fingerprint density at radius 3 is 2.89 bits per heavy atom. The number of thiophene rings is 1. The van der Waals surface area contributed by atoms with Gasteiger partial charge in [0, 0.05) is 30.1 Å². The second kappa shape index (κ2) is 5.94. The van der Waals surface area contributed by atoms with Gasteiger partial charge < -0.3 is 5.73 Å². The van der Waals surface area contributed by atoms with Gasteiger partial charge in [0.05, 0.1) is 0 Å². The summed E-state index contributed by atoms with van der Waals surface area (Å²) in [6.07, 6.45) is 8.25. The van der Waals surface area contributed by atoms with Crippen LogP contribution in [0, 0.1) is 5.92 Å². The molecule has 106 valence electrons. The van der Waals surface area contributed by atoms with Crippen LogP contribution < -0.4 is 5.73 Å². The largest absolute Gasteiger partial charge is 0.329 e. The number of fused-ring (bicyclic) bond motifs is 1. The lowest BCUT2D eigenvalue weighted by molar-refractivity contribution is 0.0796. The van der Waals surface area contributed by atoms with E-state index in [1.54, 1.807) is 10.4 Å². The minimum absolute atomic E-state index is 0.561. The van der Waals surface area contributed by atoms with Crippen LogP contribution in [0.5, 0.6) is 0 Å². The van der Waals surface area contributed by atoms with E-state index in [1.807, 2.05) is 11.3 Å². The van der Waals surface area contributed by atoms with Crippen LogP contribution in [0.2, 0.25) is 0 Å². The highest BCUT2D eigenvalue weighted by Gasteiger charge is 2.34. The van der Waals surface area contributed by atoms with Crippen molar-refractivity contribution >= 4 is 11.3 Å². The normalized spacial score (nSPS) is 27.2. The molecule has 3 rings (SSSR count). The number of nitrogens with zero attached hydrogens (tertiary/aromatic N) is 1. The minimum atomic E-state index is 0.561. The predicted octanol–water partition coefficient (Wildman–Crippen LogP) is 3.57. The van der Waals surface area contributed by atoms with Crippen molar-refractivity contribution in [3.63, 3.8) is 0 Å². The van der Waals surface area contributed by atoms with Crippen molar-refractivity contribution < 1.29 is 0 Å². The van der Waals surface area contributed by atoms with E-state index in [1.165, 1.54) is 45.1 Å². The van der Waals surface area contributed by atoms with Crippen LogP contribution >= 0.6 is 11.3 Å². The zero-order valence-electron chi connectivity index (χ0n) is 12.0. The maximum absolute atomic E-state index is 6.15. The summed E-state index contributed by atoms with van der Waals surface area (Å²) in [4.78, 5) is 4.30. The fourth-order valence-electron chi connectivity index (χ4n) is 4.10. The summed E-state index contributed by atoms with van der Waals surface area (Å²) in [5.41, 5.74) is 7.71. The van der Waals surface area contributed by atoms with Gasteiger partial charge in [0.15, 0.2) is 0 Å². The van der Waals surface area contributed by atoms with Crippen LogP contribution in [-0.2, 0) is 6.42 Å². The van der Waals surface area contributed by atoms with Crippen molar-refractivity contribution in [1.82, 2.24) is 4.90 Å². The van der Waals surface area contributed by atoms with E-state index in [2.05, 4.69) is 23.3 Å². The van der Waals surface area contributed by atoms with Crippen molar-refractivity contribution in [3.8, 4) is 0 Å². The standard InChI is InChI=1S/C16H26N2S/c1-12-14-8-10-19-16(14)7-9-18(12)15(11-17)13-5-3-2-4-6-13/h8,10,12-13,15H,2-7,9,11,17H2,1H3.